The highest BCUT2D eigenvalue weighted by Gasteiger charge is 2.39. The quantitative estimate of drug-likeness (QED) is 0.372. The molecule has 2 fully saturated rings. The highest BCUT2D eigenvalue weighted by molar-refractivity contribution is 7.16. The molecule has 0 radical (unpaired) electrons. The Bertz CT molecular complexity index is 1400. The Kier molecular flexibility index (Phi) is 6.34. The van der Waals surface area contributed by atoms with E-state index in [9.17, 15) is 14.0 Å². The van der Waals surface area contributed by atoms with Crippen molar-refractivity contribution in [2.24, 2.45) is 17.6 Å². The van der Waals surface area contributed by atoms with Crippen LogP contribution in [0, 0.1) is 17.7 Å². The van der Waals surface area contributed by atoms with E-state index < -0.39 is 0 Å². The van der Waals surface area contributed by atoms with Crippen LogP contribution < -0.4 is 10.6 Å². The normalized spacial score (nSPS) is 19.6. The first kappa shape index (κ1) is 23.5. The molecule has 3 heterocycles. The largest absolute Gasteiger partial charge is 0.369 e. The highest BCUT2D eigenvalue weighted by atomic mass is 35.5. The Hall–Kier alpha value is -3.23. The molecule has 1 aliphatic carbocycles. The van der Waals surface area contributed by atoms with Crippen molar-refractivity contribution in [1.82, 2.24) is 9.78 Å². The Balaban J connectivity index is 0.000000371. The number of anilines is 1. The maximum absolute atomic E-state index is 13.2. The number of nitrogens with two attached hydrogens (primary N) is 1. The van der Waals surface area contributed by atoms with Gasteiger partial charge in [-0.3, -0.25) is 9.59 Å². The van der Waals surface area contributed by atoms with E-state index in [2.05, 4.69) is 5.10 Å². The van der Waals surface area contributed by atoms with E-state index >= 15 is 0 Å². The molecule has 2 aromatic heterocycles. The summed E-state index contributed by atoms with van der Waals surface area (Å²) in [6, 6.07) is 16.0. The predicted octanol–water partition coefficient (Wildman–Crippen LogP) is 5.88. The van der Waals surface area contributed by atoms with Crippen molar-refractivity contribution in [3.05, 3.63) is 75.8 Å². The summed E-state index contributed by atoms with van der Waals surface area (Å²) in [4.78, 5) is 25.9. The molecule has 6 rings (SSSR count). The number of thiophene rings is 1. The van der Waals surface area contributed by atoms with Gasteiger partial charge in [0.25, 0.3) is 0 Å². The zero-order valence-electron chi connectivity index (χ0n) is 19.0. The summed E-state index contributed by atoms with van der Waals surface area (Å²) in [6.45, 7) is 1.97. The fraction of sp³-hybridized carbons (Fsp3) is 0.269. The first-order valence-electron chi connectivity index (χ1n) is 11.4. The molecule has 4 aromatic rings. The van der Waals surface area contributed by atoms with Crippen LogP contribution in [0.1, 0.15) is 37.1 Å². The van der Waals surface area contributed by atoms with Gasteiger partial charge in [0, 0.05) is 27.8 Å². The molecule has 180 valence electrons. The predicted molar refractivity (Wildman–Crippen MR) is 136 cm³/mol. The lowest BCUT2D eigenvalue weighted by Gasteiger charge is -2.24. The zero-order valence-corrected chi connectivity index (χ0v) is 20.6. The van der Waals surface area contributed by atoms with Crippen molar-refractivity contribution < 1.29 is 14.0 Å². The molecule has 9 heteroatoms. The lowest BCUT2D eigenvalue weighted by Crippen LogP contribution is -2.28. The van der Waals surface area contributed by atoms with Gasteiger partial charge < -0.3 is 10.6 Å². The van der Waals surface area contributed by atoms with Crippen molar-refractivity contribution >= 4 is 51.3 Å². The van der Waals surface area contributed by atoms with Gasteiger partial charge in [0.15, 0.2) is 0 Å². The minimum atomic E-state index is -0.283. The first-order valence-corrected chi connectivity index (χ1v) is 12.6. The smallest absolute Gasteiger partial charge is 0.230 e. The van der Waals surface area contributed by atoms with E-state index in [1.807, 2.05) is 42.2 Å². The summed E-state index contributed by atoms with van der Waals surface area (Å²) >= 11 is 7.65. The van der Waals surface area contributed by atoms with Crippen LogP contribution in [-0.4, -0.2) is 21.6 Å². The van der Waals surface area contributed by atoms with Crippen LogP contribution in [0.25, 0.3) is 16.6 Å². The van der Waals surface area contributed by atoms with Gasteiger partial charge in [-0.2, -0.15) is 5.10 Å². The Labute approximate surface area is 211 Å². The number of rotatable bonds is 4. The topological polar surface area (TPSA) is 81.2 Å². The van der Waals surface area contributed by atoms with E-state index in [4.69, 9.17) is 17.3 Å². The average Bonchev–Trinajstić information content (AvgIpc) is 3.38. The van der Waals surface area contributed by atoms with Crippen LogP contribution >= 0.6 is 22.9 Å². The molecular weight excluding hydrogens is 487 g/mol. The van der Waals surface area contributed by atoms with Gasteiger partial charge in [-0.1, -0.05) is 18.5 Å². The Morgan fingerprint density at radius 1 is 1.11 bits per heavy atom. The molecular formula is C26H24ClFN4O2S. The second-order valence-corrected chi connectivity index (χ2v) is 10.7. The molecule has 1 saturated heterocycles. The number of halogens is 2. The molecule has 1 aliphatic heterocycles. The number of carbonyl (C=O) groups is 2. The number of hydrogen-bond acceptors (Lipinski definition) is 4. The summed E-state index contributed by atoms with van der Waals surface area (Å²) in [6.07, 6.45) is 4.58. The van der Waals surface area contributed by atoms with Crippen molar-refractivity contribution in [3.8, 4) is 5.69 Å². The number of primary amides is 1. The number of carbonyl (C=O) groups excluding carboxylic acids is 2. The maximum Gasteiger partial charge on any atom is 0.230 e. The van der Waals surface area contributed by atoms with E-state index in [1.54, 1.807) is 23.0 Å². The van der Waals surface area contributed by atoms with Gasteiger partial charge in [0.1, 0.15) is 5.82 Å². The molecule has 1 saturated carbocycles. The summed E-state index contributed by atoms with van der Waals surface area (Å²) in [5.74, 6) is -0.0998. The van der Waals surface area contributed by atoms with E-state index in [-0.39, 0.29) is 35.5 Å². The van der Waals surface area contributed by atoms with Crippen LogP contribution in [0.15, 0.2) is 60.8 Å². The summed E-state index contributed by atoms with van der Waals surface area (Å²) in [5.41, 5.74) is 7.39. The number of aromatic nitrogens is 2. The molecule has 2 aromatic carbocycles. The molecule has 6 nitrogen and oxygen atoms in total. The number of amides is 2. The standard InChI is InChI=1S/C22H17ClFN3OS.C4H7NO/c1-13-10-19(20-8-9-21(23)29-20)26(22(13)28)17-6-7-18-14(11-17)12-25-27(18)16-4-2-15(24)3-5-16;5-4(6)3-1-2-3/h2-9,11-13,19H,10H2,1H3;3H,1-2H2,(H2,5,6)/t13-,19-;/m0./s1. The van der Waals surface area contributed by atoms with Crippen molar-refractivity contribution in [2.45, 2.75) is 32.2 Å². The number of fused-ring (bicyclic) bond motifs is 1. The van der Waals surface area contributed by atoms with E-state index in [1.165, 1.54) is 23.5 Å². The fourth-order valence-corrected chi connectivity index (χ4v) is 5.48. The van der Waals surface area contributed by atoms with Gasteiger partial charge in [-0.05, 0) is 73.9 Å². The van der Waals surface area contributed by atoms with Crippen LogP contribution in [0.4, 0.5) is 10.1 Å². The van der Waals surface area contributed by atoms with Gasteiger partial charge >= 0.3 is 0 Å². The molecule has 2 atom stereocenters. The minimum Gasteiger partial charge on any atom is -0.369 e. The van der Waals surface area contributed by atoms with Crippen LogP contribution in [0.5, 0.6) is 0 Å². The highest BCUT2D eigenvalue weighted by Crippen LogP contribution is 2.43. The maximum atomic E-state index is 13.2. The summed E-state index contributed by atoms with van der Waals surface area (Å²) < 4.78 is 15.7. The van der Waals surface area contributed by atoms with Crippen LogP contribution in [0.2, 0.25) is 4.34 Å². The van der Waals surface area contributed by atoms with Gasteiger partial charge in [-0.15, -0.1) is 11.3 Å². The third-order valence-electron chi connectivity index (χ3n) is 6.35. The third-order valence-corrected chi connectivity index (χ3v) is 7.68. The molecule has 2 amide bonds. The molecule has 0 bridgehead atoms. The van der Waals surface area contributed by atoms with Crippen LogP contribution in [0.3, 0.4) is 0 Å². The lowest BCUT2D eigenvalue weighted by molar-refractivity contribution is -0.120. The van der Waals surface area contributed by atoms with E-state index in [0.717, 1.165) is 50.8 Å². The number of hydrogen-bond donors (Lipinski definition) is 1. The third kappa shape index (κ3) is 4.81. The minimum absolute atomic E-state index is 0.0143. The fourth-order valence-electron chi connectivity index (χ4n) is 4.32. The zero-order chi connectivity index (χ0) is 24.7. The van der Waals surface area contributed by atoms with Gasteiger partial charge in [0.2, 0.25) is 11.8 Å². The SMILES string of the molecule is C[C@H]1C[C@@H](c2ccc(Cl)s2)N(c2ccc3c(cnn3-c3ccc(F)cc3)c2)C1=O.NC(=O)C1CC1. The first-order chi connectivity index (χ1) is 16.8. The molecule has 2 aliphatic rings. The number of nitrogens with zero attached hydrogens (tertiary/aromatic N) is 3. The second kappa shape index (κ2) is 9.43. The Morgan fingerprint density at radius 2 is 1.83 bits per heavy atom. The molecule has 0 spiro atoms. The number of benzene rings is 2. The van der Waals surface area contributed by atoms with E-state index in [0.29, 0.717) is 0 Å². The Morgan fingerprint density at radius 3 is 2.43 bits per heavy atom. The lowest BCUT2D eigenvalue weighted by atomic mass is 10.1. The summed E-state index contributed by atoms with van der Waals surface area (Å²) in [5, 5.41) is 5.37. The molecule has 2 N–H and O–H groups in total. The molecule has 35 heavy (non-hydrogen) atoms. The van der Waals surface area contributed by atoms with Gasteiger partial charge in [-0.25, -0.2) is 9.07 Å². The monoisotopic (exact) mass is 510 g/mol. The molecule has 0 unspecified atom stereocenters. The second-order valence-electron chi connectivity index (χ2n) is 8.96. The van der Waals surface area contributed by atoms with Crippen molar-refractivity contribution in [3.63, 3.8) is 0 Å². The van der Waals surface area contributed by atoms with Crippen LogP contribution in [-0.2, 0) is 9.59 Å². The average molecular weight is 511 g/mol. The summed E-state index contributed by atoms with van der Waals surface area (Å²) in [7, 11) is 0. The van der Waals surface area contributed by atoms with Crippen molar-refractivity contribution in [1.29, 1.82) is 0 Å². The van der Waals surface area contributed by atoms with Gasteiger partial charge in [0.05, 0.1) is 27.8 Å². The van der Waals surface area contributed by atoms with Crippen molar-refractivity contribution in [2.75, 3.05) is 4.90 Å².